The maximum Gasteiger partial charge on any atom is 0.322 e. The van der Waals surface area contributed by atoms with Crippen LogP contribution in [-0.2, 0) is 0 Å². The van der Waals surface area contributed by atoms with Crippen LogP contribution in [0.5, 0.6) is 6.01 Å². The first-order chi connectivity index (χ1) is 9.25. The largest absolute Gasteiger partial charge is 0.467 e. The van der Waals surface area contributed by atoms with Crippen molar-refractivity contribution in [1.82, 2.24) is 15.0 Å². The summed E-state index contributed by atoms with van der Waals surface area (Å²) in [5.74, 6) is 2.10. The summed E-state index contributed by atoms with van der Waals surface area (Å²) in [6.07, 6.45) is 5.47. The zero-order valence-corrected chi connectivity index (χ0v) is 11.6. The molecule has 1 heterocycles. The van der Waals surface area contributed by atoms with E-state index in [1.807, 2.05) is 6.92 Å². The summed E-state index contributed by atoms with van der Waals surface area (Å²) in [7, 11) is 1.57. The van der Waals surface area contributed by atoms with Crippen LogP contribution in [0.25, 0.3) is 0 Å². The summed E-state index contributed by atoms with van der Waals surface area (Å²) in [5, 5.41) is 6.45. The highest BCUT2D eigenvalue weighted by Gasteiger charge is 2.53. The normalized spacial score (nSPS) is 19.9. The minimum Gasteiger partial charge on any atom is -0.467 e. The number of methoxy groups -OCH3 is 1. The fraction of sp³-hybridized carbons (Fsp3) is 0.769. The van der Waals surface area contributed by atoms with E-state index < -0.39 is 0 Å². The molecule has 0 amide bonds. The van der Waals surface area contributed by atoms with Crippen LogP contribution in [-0.4, -0.2) is 35.2 Å². The Morgan fingerprint density at radius 1 is 1.16 bits per heavy atom. The Hall–Kier alpha value is -1.59. The van der Waals surface area contributed by atoms with Crippen LogP contribution < -0.4 is 15.4 Å². The van der Waals surface area contributed by atoms with Gasteiger partial charge in [0.15, 0.2) is 0 Å². The molecule has 0 saturated heterocycles. The number of anilines is 2. The van der Waals surface area contributed by atoms with Gasteiger partial charge in [-0.05, 0) is 43.9 Å². The van der Waals surface area contributed by atoms with E-state index in [2.05, 4.69) is 25.6 Å². The summed E-state index contributed by atoms with van der Waals surface area (Å²) in [6, 6.07) is 0.352. The van der Waals surface area contributed by atoms with Crippen molar-refractivity contribution in [3.05, 3.63) is 0 Å². The van der Waals surface area contributed by atoms with Crippen LogP contribution in [0.4, 0.5) is 11.9 Å². The summed E-state index contributed by atoms with van der Waals surface area (Å²) in [5.41, 5.74) is 0.526. The molecule has 1 aromatic heterocycles. The highest BCUT2D eigenvalue weighted by atomic mass is 16.5. The van der Waals surface area contributed by atoms with Gasteiger partial charge in [-0.1, -0.05) is 0 Å². The van der Waals surface area contributed by atoms with Crippen molar-refractivity contribution in [3.8, 4) is 6.01 Å². The fourth-order valence-corrected chi connectivity index (χ4v) is 2.60. The van der Waals surface area contributed by atoms with Crippen molar-refractivity contribution in [1.29, 1.82) is 0 Å². The Balaban J connectivity index is 1.67. The molecule has 2 aliphatic carbocycles. The van der Waals surface area contributed by atoms with Crippen LogP contribution in [0.3, 0.4) is 0 Å². The predicted molar refractivity (Wildman–Crippen MR) is 73.4 cm³/mol. The minimum absolute atomic E-state index is 0.352. The van der Waals surface area contributed by atoms with E-state index in [1.54, 1.807) is 7.11 Å². The second-order valence-electron chi connectivity index (χ2n) is 5.49. The average Bonchev–Trinajstić information content (AvgIpc) is 3.28. The molecule has 2 aliphatic rings. The Morgan fingerprint density at radius 2 is 1.84 bits per heavy atom. The number of rotatable bonds is 7. The van der Waals surface area contributed by atoms with E-state index in [4.69, 9.17) is 4.74 Å². The Labute approximate surface area is 113 Å². The van der Waals surface area contributed by atoms with E-state index in [0.717, 1.165) is 19.0 Å². The van der Waals surface area contributed by atoms with E-state index in [9.17, 15) is 0 Å². The molecule has 0 radical (unpaired) electrons. The molecular formula is C13H21N5O. The first-order valence-corrected chi connectivity index (χ1v) is 7.03. The van der Waals surface area contributed by atoms with Crippen molar-refractivity contribution < 1.29 is 4.74 Å². The lowest BCUT2D eigenvalue weighted by Crippen LogP contribution is -2.19. The van der Waals surface area contributed by atoms with Gasteiger partial charge >= 0.3 is 6.01 Å². The zero-order valence-electron chi connectivity index (χ0n) is 11.6. The average molecular weight is 263 g/mol. The lowest BCUT2D eigenvalue weighted by Gasteiger charge is -2.15. The van der Waals surface area contributed by atoms with E-state index in [-0.39, 0.29) is 0 Å². The van der Waals surface area contributed by atoms with Gasteiger partial charge in [0.1, 0.15) is 0 Å². The van der Waals surface area contributed by atoms with Crippen molar-refractivity contribution in [3.63, 3.8) is 0 Å². The minimum atomic E-state index is 0.352. The first kappa shape index (κ1) is 12.4. The van der Waals surface area contributed by atoms with Gasteiger partial charge in [0.2, 0.25) is 11.9 Å². The molecule has 3 rings (SSSR count). The second kappa shape index (κ2) is 4.83. The second-order valence-corrected chi connectivity index (χ2v) is 5.49. The van der Waals surface area contributed by atoms with Crippen molar-refractivity contribution in [2.45, 2.75) is 32.6 Å². The number of hydrogen-bond acceptors (Lipinski definition) is 6. The molecule has 0 atom stereocenters. The predicted octanol–water partition coefficient (Wildman–Crippen LogP) is 1.91. The molecule has 0 spiro atoms. The lowest BCUT2D eigenvalue weighted by molar-refractivity contribution is 0.379. The topological polar surface area (TPSA) is 72.0 Å². The maximum absolute atomic E-state index is 5.11. The number of nitrogens with one attached hydrogen (secondary N) is 2. The zero-order chi connectivity index (χ0) is 13.3. The van der Waals surface area contributed by atoms with E-state index >= 15 is 0 Å². The molecular weight excluding hydrogens is 242 g/mol. The molecule has 2 N–H and O–H groups in total. The maximum atomic E-state index is 5.11. The Morgan fingerprint density at radius 3 is 2.37 bits per heavy atom. The molecule has 104 valence electrons. The number of ether oxygens (including phenoxy) is 1. The molecule has 6 nitrogen and oxygen atoms in total. The summed E-state index contributed by atoms with van der Waals surface area (Å²) < 4.78 is 5.11. The number of aromatic nitrogens is 3. The summed E-state index contributed by atoms with van der Waals surface area (Å²) >= 11 is 0. The molecule has 2 saturated carbocycles. The number of hydrogen-bond donors (Lipinski definition) is 2. The van der Waals surface area contributed by atoms with Crippen molar-refractivity contribution in [2.24, 2.45) is 11.3 Å². The molecule has 2 fully saturated rings. The van der Waals surface area contributed by atoms with Gasteiger partial charge in [0, 0.05) is 13.1 Å². The SMILES string of the molecule is CCNc1nc(NCC2(C3CC3)CC2)nc(OC)n1. The van der Waals surface area contributed by atoms with Crippen molar-refractivity contribution >= 4 is 11.9 Å². The van der Waals surface area contributed by atoms with Crippen LogP contribution in [0.1, 0.15) is 32.6 Å². The van der Waals surface area contributed by atoms with Crippen molar-refractivity contribution in [2.75, 3.05) is 30.8 Å². The third-order valence-corrected chi connectivity index (χ3v) is 4.07. The third-order valence-electron chi connectivity index (χ3n) is 4.07. The molecule has 1 aromatic rings. The quantitative estimate of drug-likeness (QED) is 0.783. The molecule has 0 bridgehead atoms. The highest BCUT2D eigenvalue weighted by molar-refractivity contribution is 5.36. The van der Waals surface area contributed by atoms with E-state index in [1.165, 1.54) is 25.7 Å². The number of nitrogens with zero attached hydrogens (tertiary/aromatic N) is 3. The van der Waals surface area contributed by atoms with Gasteiger partial charge in [-0.15, -0.1) is 0 Å². The smallest absolute Gasteiger partial charge is 0.322 e. The van der Waals surface area contributed by atoms with Gasteiger partial charge in [0.25, 0.3) is 0 Å². The van der Waals surface area contributed by atoms with Gasteiger partial charge in [-0.3, -0.25) is 0 Å². The van der Waals surface area contributed by atoms with Crippen LogP contribution in [0, 0.1) is 11.3 Å². The Bertz CT molecular complexity index is 456. The van der Waals surface area contributed by atoms with Gasteiger partial charge < -0.3 is 15.4 Å². The first-order valence-electron chi connectivity index (χ1n) is 7.03. The van der Waals surface area contributed by atoms with Gasteiger partial charge in [-0.25, -0.2) is 0 Å². The molecule has 0 aromatic carbocycles. The molecule has 0 unspecified atom stereocenters. The van der Waals surface area contributed by atoms with Gasteiger partial charge in [0.05, 0.1) is 7.11 Å². The Kier molecular flexibility index (Phi) is 3.16. The van der Waals surface area contributed by atoms with Crippen LogP contribution in [0.15, 0.2) is 0 Å². The fourth-order valence-electron chi connectivity index (χ4n) is 2.60. The van der Waals surface area contributed by atoms with Crippen LogP contribution >= 0.6 is 0 Å². The third kappa shape index (κ3) is 2.72. The highest BCUT2D eigenvalue weighted by Crippen LogP contribution is 2.61. The lowest BCUT2D eigenvalue weighted by atomic mass is 10.0. The summed E-state index contributed by atoms with van der Waals surface area (Å²) in [6.45, 7) is 3.75. The molecule has 19 heavy (non-hydrogen) atoms. The standard InChI is InChI=1S/C13H21N5O/c1-3-14-10-16-11(18-12(17-10)19-2)15-8-13(6-7-13)9-4-5-9/h9H,3-8H2,1-2H3,(H2,14,15,16,17,18). The van der Waals surface area contributed by atoms with E-state index in [0.29, 0.717) is 23.3 Å². The van der Waals surface area contributed by atoms with Gasteiger partial charge in [-0.2, -0.15) is 15.0 Å². The van der Waals surface area contributed by atoms with Crippen LogP contribution in [0.2, 0.25) is 0 Å². The molecule has 0 aliphatic heterocycles. The molecule has 6 heteroatoms. The monoisotopic (exact) mass is 263 g/mol. The summed E-state index contributed by atoms with van der Waals surface area (Å²) in [4.78, 5) is 12.8.